The molecule has 0 radical (unpaired) electrons. The van der Waals surface area contributed by atoms with Gasteiger partial charge in [0.1, 0.15) is 36.4 Å². The standard InChI is InChI=1S/C21H24ClN3O5S.C2HF3O2/c1-10-12-4-6-25(19(12)24-9-23-10)20-17-16(29-21(2,3)30-17)15(28-20)14(27)18-11(5-7-26)8-13(22)31-18;3-2(4,5)1(6)7/h4,6,8-9,14-17,20,26-27H,5,7H2,1-3H3;(H,6,7)/t14-,15-,16-,17-,20-;/m1./s1. The Morgan fingerprint density at radius 2 is 1.95 bits per heavy atom. The van der Waals surface area contributed by atoms with E-state index in [-0.39, 0.29) is 6.61 Å². The number of halogens is 4. The fourth-order valence-electron chi connectivity index (χ4n) is 4.51. The zero-order chi connectivity index (χ0) is 28.0. The number of aliphatic hydroxyl groups is 2. The number of carboxylic acids is 1. The van der Waals surface area contributed by atoms with Gasteiger partial charge in [-0.2, -0.15) is 13.2 Å². The van der Waals surface area contributed by atoms with Crippen LogP contribution < -0.4 is 0 Å². The number of carboxylic acid groups (broad SMARTS) is 1. The Morgan fingerprint density at radius 1 is 1.29 bits per heavy atom. The molecular weight excluding hydrogens is 555 g/mol. The van der Waals surface area contributed by atoms with E-state index in [2.05, 4.69) is 9.97 Å². The maximum absolute atomic E-state index is 11.3. The summed E-state index contributed by atoms with van der Waals surface area (Å²) in [6.07, 6.45) is -4.36. The van der Waals surface area contributed by atoms with Crippen molar-refractivity contribution >= 4 is 39.9 Å². The number of fused-ring (bicyclic) bond motifs is 2. The van der Waals surface area contributed by atoms with Crippen LogP contribution in [0.4, 0.5) is 13.2 Å². The Hall–Kier alpha value is -2.33. The minimum atomic E-state index is -5.08. The van der Waals surface area contributed by atoms with Gasteiger partial charge < -0.3 is 34.1 Å². The number of aryl methyl sites for hydroxylation is 1. The largest absolute Gasteiger partial charge is 0.490 e. The molecule has 0 spiro atoms. The Bertz CT molecular complexity index is 1320. The molecule has 3 aromatic heterocycles. The summed E-state index contributed by atoms with van der Waals surface area (Å²) in [5.41, 5.74) is 2.42. The molecule has 5 heterocycles. The van der Waals surface area contributed by atoms with Crippen LogP contribution in [0.1, 0.15) is 42.3 Å². The van der Waals surface area contributed by atoms with E-state index < -0.39 is 48.6 Å². The average molecular weight is 580 g/mol. The molecule has 3 N–H and O–H groups in total. The van der Waals surface area contributed by atoms with Crippen molar-refractivity contribution in [3.8, 4) is 0 Å². The Balaban J connectivity index is 0.000000426. The highest BCUT2D eigenvalue weighted by Crippen LogP contribution is 2.48. The molecule has 15 heteroatoms. The van der Waals surface area contributed by atoms with Gasteiger partial charge >= 0.3 is 12.1 Å². The molecule has 208 valence electrons. The van der Waals surface area contributed by atoms with Gasteiger partial charge in [-0.3, -0.25) is 0 Å². The van der Waals surface area contributed by atoms with E-state index in [4.69, 9.17) is 35.7 Å². The highest BCUT2D eigenvalue weighted by atomic mass is 35.5. The van der Waals surface area contributed by atoms with Gasteiger partial charge in [-0.1, -0.05) is 11.6 Å². The molecular formula is C23H25ClF3N3O7S. The van der Waals surface area contributed by atoms with Crippen molar-refractivity contribution in [1.82, 2.24) is 14.5 Å². The molecule has 5 atom stereocenters. The number of ether oxygens (including phenoxy) is 3. The Morgan fingerprint density at radius 3 is 2.58 bits per heavy atom. The third-order valence-electron chi connectivity index (χ3n) is 6.06. The predicted octanol–water partition coefficient (Wildman–Crippen LogP) is 3.77. The van der Waals surface area contributed by atoms with E-state index in [1.54, 1.807) is 6.07 Å². The molecule has 2 saturated heterocycles. The first kappa shape index (κ1) is 28.7. The third kappa shape index (κ3) is 5.66. The van der Waals surface area contributed by atoms with Gasteiger partial charge in [-0.25, -0.2) is 14.8 Å². The number of nitrogens with zero attached hydrogens (tertiary/aromatic N) is 3. The van der Waals surface area contributed by atoms with Crippen LogP contribution in [-0.2, 0) is 25.4 Å². The molecule has 3 aromatic rings. The lowest BCUT2D eigenvalue weighted by Crippen LogP contribution is -2.34. The molecule has 0 aliphatic carbocycles. The molecule has 0 bridgehead atoms. The molecule has 38 heavy (non-hydrogen) atoms. The van der Waals surface area contributed by atoms with Crippen LogP contribution in [0, 0.1) is 6.92 Å². The summed E-state index contributed by atoms with van der Waals surface area (Å²) in [5, 5.41) is 28.8. The van der Waals surface area contributed by atoms with Crippen LogP contribution in [0.2, 0.25) is 4.34 Å². The maximum Gasteiger partial charge on any atom is 0.490 e. The molecule has 2 aliphatic rings. The van der Waals surface area contributed by atoms with E-state index >= 15 is 0 Å². The van der Waals surface area contributed by atoms with Gasteiger partial charge in [0.15, 0.2) is 12.0 Å². The average Bonchev–Trinajstić information content (AvgIpc) is 3.55. The summed E-state index contributed by atoms with van der Waals surface area (Å²) in [4.78, 5) is 18.3. The lowest BCUT2D eigenvalue weighted by Gasteiger charge is -2.27. The van der Waals surface area contributed by atoms with Crippen LogP contribution in [0.15, 0.2) is 24.7 Å². The van der Waals surface area contributed by atoms with Gasteiger partial charge in [-0.15, -0.1) is 11.3 Å². The molecule has 0 saturated carbocycles. The summed E-state index contributed by atoms with van der Waals surface area (Å²) in [6.45, 7) is 5.60. The number of hydrogen-bond acceptors (Lipinski definition) is 9. The number of aliphatic hydroxyl groups excluding tert-OH is 2. The summed E-state index contributed by atoms with van der Waals surface area (Å²) in [7, 11) is 0. The monoisotopic (exact) mass is 579 g/mol. The summed E-state index contributed by atoms with van der Waals surface area (Å²) >= 11 is 7.50. The van der Waals surface area contributed by atoms with Gasteiger partial charge in [-0.05, 0) is 44.9 Å². The SMILES string of the molecule is Cc1ncnc2c1ccn2[C@@H]1O[C@H]([C@@H](O)c2sc(Cl)cc2CCO)[C@H]2OC(C)(C)O[C@H]21.O=C(O)C(F)(F)F. The first-order valence-corrected chi connectivity index (χ1v) is 12.6. The van der Waals surface area contributed by atoms with Gasteiger partial charge in [0.05, 0.1) is 10.0 Å². The number of rotatable bonds is 5. The van der Waals surface area contributed by atoms with Crippen molar-refractivity contribution in [2.75, 3.05) is 6.61 Å². The number of thiophene rings is 1. The normalized spacial score (nSPS) is 25.2. The third-order valence-corrected chi connectivity index (χ3v) is 7.44. The highest BCUT2D eigenvalue weighted by molar-refractivity contribution is 7.16. The van der Waals surface area contributed by atoms with Crippen LogP contribution >= 0.6 is 22.9 Å². The van der Waals surface area contributed by atoms with E-state index in [0.29, 0.717) is 15.6 Å². The number of carbonyl (C=O) groups is 1. The molecule has 2 aliphatic heterocycles. The van der Waals surface area contributed by atoms with Crippen LogP contribution in [0.3, 0.4) is 0 Å². The number of aliphatic carboxylic acids is 1. The van der Waals surface area contributed by atoms with Crippen molar-refractivity contribution in [3.05, 3.63) is 45.1 Å². The second-order valence-electron chi connectivity index (χ2n) is 9.14. The molecule has 2 fully saturated rings. The zero-order valence-electron chi connectivity index (χ0n) is 20.3. The van der Waals surface area contributed by atoms with Crippen LogP contribution in [0.25, 0.3) is 11.0 Å². The highest BCUT2D eigenvalue weighted by Gasteiger charge is 2.58. The van der Waals surface area contributed by atoms with Crippen molar-refractivity contribution in [2.24, 2.45) is 0 Å². The number of alkyl halides is 3. The number of aromatic nitrogens is 3. The fraction of sp³-hybridized carbons (Fsp3) is 0.522. The smallest absolute Gasteiger partial charge is 0.475 e. The second-order valence-corrected chi connectivity index (χ2v) is 10.9. The van der Waals surface area contributed by atoms with Crippen molar-refractivity contribution < 1.29 is 47.5 Å². The zero-order valence-corrected chi connectivity index (χ0v) is 21.9. The quantitative estimate of drug-likeness (QED) is 0.412. The van der Waals surface area contributed by atoms with Crippen molar-refractivity contribution in [3.63, 3.8) is 0 Å². The topological polar surface area (TPSA) is 136 Å². The van der Waals surface area contributed by atoms with Gasteiger partial charge in [0.25, 0.3) is 0 Å². The summed E-state index contributed by atoms with van der Waals surface area (Å²) < 4.78 is 52.9. The Kier molecular flexibility index (Phi) is 8.06. The lowest BCUT2D eigenvalue weighted by atomic mass is 10.0. The minimum Gasteiger partial charge on any atom is -0.475 e. The number of hydrogen-bond donors (Lipinski definition) is 3. The minimum absolute atomic E-state index is 0.0337. The summed E-state index contributed by atoms with van der Waals surface area (Å²) in [6, 6.07) is 3.73. The fourth-order valence-corrected chi connectivity index (χ4v) is 5.85. The molecule has 5 rings (SSSR count). The van der Waals surface area contributed by atoms with Gasteiger partial charge in [0.2, 0.25) is 0 Å². The van der Waals surface area contributed by atoms with Crippen molar-refractivity contribution in [1.29, 1.82) is 0 Å². The second kappa shape index (κ2) is 10.7. The van der Waals surface area contributed by atoms with Crippen molar-refractivity contribution in [2.45, 2.75) is 69.8 Å². The van der Waals surface area contributed by atoms with E-state index in [0.717, 1.165) is 22.3 Å². The first-order valence-electron chi connectivity index (χ1n) is 11.4. The first-order chi connectivity index (χ1) is 17.7. The van der Waals surface area contributed by atoms with Crippen LogP contribution in [-0.4, -0.2) is 72.7 Å². The maximum atomic E-state index is 11.3. The lowest BCUT2D eigenvalue weighted by molar-refractivity contribution is -0.207. The van der Waals surface area contributed by atoms with E-state index in [9.17, 15) is 23.4 Å². The molecule has 10 nitrogen and oxygen atoms in total. The molecule has 0 amide bonds. The summed E-state index contributed by atoms with van der Waals surface area (Å²) in [5.74, 6) is -3.57. The van der Waals surface area contributed by atoms with E-state index in [1.807, 2.05) is 37.6 Å². The molecule has 0 unspecified atom stereocenters. The van der Waals surface area contributed by atoms with Gasteiger partial charge in [0, 0.05) is 23.1 Å². The Labute approximate surface area is 223 Å². The van der Waals surface area contributed by atoms with Crippen LogP contribution in [0.5, 0.6) is 0 Å². The van der Waals surface area contributed by atoms with E-state index in [1.165, 1.54) is 17.7 Å². The molecule has 0 aromatic carbocycles. The predicted molar refractivity (Wildman–Crippen MR) is 129 cm³/mol.